The van der Waals surface area contributed by atoms with Crippen molar-refractivity contribution in [2.75, 3.05) is 16.8 Å². The number of esters is 1. The van der Waals surface area contributed by atoms with Gasteiger partial charge in [0.1, 0.15) is 5.75 Å². The maximum absolute atomic E-state index is 13.1. The molecule has 1 aromatic heterocycles. The summed E-state index contributed by atoms with van der Waals surface area (Å²) in [5.41, 5.74) is 2.63. The first-order valence-corrected chi connectivity index (χ1v) is 11.0. The standard InChI is InChI=1S/C24H22N2O4S/c1-16(27)30-20-11-7-17(8-12-20)23(28)25-19-9-5-18(6-10-19)24(29)26-14-3-2-4-22-21(26)13-15-31-22/h5-13,15H,2-4,14H2,1H3,(H,25,28). The predicted octanol–water partition coefficient (Wildman–Crippen LogP) is 4.91. The maximum atomic E-state index is 13.1. The summed E-state index contributed by atoms with van der Waals surface area (Å²) in [5.74, 6) is -0.346. The summed E-state index contributed by atoms with van der Waals surface area (Å²) in [6.07, 6.45) is 3.09. The summed E-state index contributed by atoms with van der Waals surface area (Å²) in [5, 5.41) is 4.85. The van der Waals surface area contributed by atoms with Crippen LogP contribution in [0.5, 0.6) is 5.75 Å². The van der Waals surface area contributed by atoms with E-state index in [4.69, 9.17) is 4.74 Å². The van der Waals surface area contributed by atoms with Gasteiger partial charge < -0.3 is 15.0 Å². The fourth-order valence-corrected chi connectivity index (χ4v) is 4.47. The largest absolute Gasteiger partial charge is 0.427 e. The van der Waals surface area contributed by atoms with Gasteiger partial charge in [0.25, 0.3) is 11.8 Å². The van der Waals surface area contributed by atoms with Crippen molar-refractivity contribution in [1.29, 1.82) is 0 Å². The van der Waals surface area contributed by atoms with Crippen LogP contribution in [0.2, 0.25) is 0 Å². The molecule has 0 spiro atoms. The van der Waals surface area contributed by atoms with Crippen molar-refractivity contribution < 1.29 is 19.1 Å². The van der Waals surface area contributed by atoms with E-state index in [0.29, 0.717) is 29.1 Å². The van der Waals surface area contributed by atoms with Gasteiger partial charge in [0.2, 0.25) is 0 Å². The van der Waals surface area contributed by atoms with Crippen LogP contribution in [-0.2, 0) is 11.2 Å². The number of rotatable bonds is 4. The van der Waals surface area contributed by atoms with Crippen LogP contribution in [-0.4, -0.2) is 24.3 Å². The molecule has 0 unspecified atom stereocenters. The van der Waals surface area contributed by atoms with Crippen molar-refractivity contribution in [2.45, 2.75) is 26.2 Å². The van der Waals surface area contributed by atoms with Gasteiger partial charge in [-0.3, -0.25) is 14.4 Å². The third kappa shape index (κ3) is 4.83. The molecule has 6 nitrogen and oxygen atoms in total. The van der Waals surface area contributed by atoms with Crippen LogP contribution in [0.25, 0.3) is 0 Å². The number of thiophene rings is 1. The second-order valence-electron chi connectivity index (χ2n) is 7.29. The monoisotopic (exact) mass is 434 g/mol. The molecule has 4 rings (SSSR count). The number of hydrogen-bond donors (Lipinski definition) is 1. The average molecular weight is 435 g/mol. The summed E-state index contributed by atoms with van der Waals surface area (Å²) in [7, 11) is 0. The Labute approximate surface area is 184 Å². The lowest BCUT2D eigenvalue weighted by atomic mass is 10.1. The molecule has 0 aliphatic carbocycles. The fraction of sp³-hybridized carbons (Fsp3) is 0.208. The Morgan fingerprint density at radius 3 is 2.35 bits per heavy atom. The molecular weight excluding hydrogens is 412 g/mol. The third-order valence-corrected chi connectivity index (χ3v) is 6.03. The van der Waals surface area contributed by atoms with Gasteiger partial charge in [0.05, 0.1) is 5.69 Å². The van der Waals surface area contributed by atoms with E-state index in [0.717, 1.165) is 24.9 Å². The molecule has 0 atom stereocenters. The molecule has 1 aliphatic heterocycles. The molecule has 0 bridgehead atoms. The Balaban J connectivity index is 1.43. The zero-order valence-corrected chi connectivity index (χ0v) is 17.9. The van der Waals surface area contributed by atoms with Gasteiger partial charge in [0, 0.05) is 35.2 Å². The Bertz CT molecular complexity index is 1100. The Hall–Kier alpha value is -3.45. The number of nitrogens with one attached hydrogen (secondary N) is 1. The summed E-state index contributed by atoms with van der Waals surface area (Å²) in [6, 6.07) is 15.2. The first-order chi connectivity index (χ1) is 15.0. The van der Waals surface area contributed by atoms with E-state index in [2.05, 4.69) is 5.32 Å². The smallest absolute Gasteiger partial charge is 0.308 e. The van der Waals surface area contributed by atoms with Crippen molar-refractivity contribution in [3.63, 3.8) is 0 Å². The predicted molar refractivity (Wildman–Crippen MR) is 121 cm³/mol. The normalized spacial score (nSPS) is 13.1. The quantitative estimate of drug-likeness (QED) is 0.468. The molecular formula is C24H22N2O4S. The molecule has 0 saturated heterocycles. The van der Waals surface area contributed by atoms with Gasteiger partial charge in [-0.1, -0.05) is 0 Å². The lowest BCUT2D eigenvalue weighted by Crippen LogP contribution is -2.31. The number of ether oxygens (including phenoxy) is 1. The summed E-state index contributed by atoms with van der Waals surface area (Å²) in [4.78, 5) is 39.7. The van der Waals surface area contributed by atoms with Crippen LogP contribution in [0, 0.1) is 0 Å². The number of nitrogens with zero attached hydrogens (tertiary/aromatic N) is 1. The van der Waals surface area contributed by atoms with Crippen LogP contribution < -0.4 is 15.0 Å². The van der Waals surface area contributed by atoms with Gasteiger partial charge in [-0.05, 0) is 79.2 Å². The van der Waals surface area contributed by atoms with Gasteiger partial charge >= 0.3 is 5.97 Å². The van der Waals surface area contributed by atoms with Crippen molar-refractivity contribution in [1.82, 2.24) is 0 Å². The summed E-state index contributed by atoms with van der Waals surface area (Å²) < 4.78 is 4.97. The first-order valence-electron chi connectivity index (χ1n) is 10.1. The molecule has 3 aromatic rings. The molecule has 1 N–H and O–H groups in total. The highest BCUT2D eigenvalue weighted by molar-refractivity contribution is 7.10. The van der Waals surface area contributed by atoms with E-state index in [9.17, 15) is 14.4 Å². The number of fused-ring (bicyclic) bond motifs is 1. The highest BCUT2D eigenvalue weighted by Crippen LogP contribution is 2.32. The van der Waals surface area contributed by atoms with Crippen LogP contribution in [0.1, 0.15) is 45.4 Å². The van der Waals surface area contributed by atoms with E-state index < -0.39 is 5.97 Å². The molecule has 0 fully saturated rings. The molecule has 1 aliphatic rings. The zero-order valence-electron chi connectivity index (χ0n) is 17.1. The lowest BCUT2D eigenvalue weighted by Gasteiger charge is -2.21. The van der Waals surface area contributed by atoms with E-state index in [1.165, 1.54) is 11.8 Å². The number of benzene rings is 2. The molecule has 2 aromatic carbocycles. The third-order valence-electron chi connectivity index (χ3n) is 5.06. The summed E-state index contributed by atoms with van der Waals surface area (Å²) in [6.45, 7) is 2.03. The Morgan fingerprint density at radius 1 is 0.935 bits per heavy atom. The summed E-state index contributed by atoms with van der Waals surface area (Å²) >= 11 is 1.70. The zero-order chi connectivity index (χ0) is 21.8. The van der Waals surface area contributed by atoms with E-state index in [1.807, 2.05) is 16.3 Å². The first kappa shape index (κ1) is 20.8. The number of anilines is 2. The molecule has 158 valence electrons. The minimum absolute atomic E-state index is 0.0273. The Kier molecular flexibility index (Phi) is 6.13. The SMILES string of the molecule is CC(=O)Oc1ccc(C(=O)Nc2ccc(C(=O)N3CCCCc4sccc43)cc2)cc1. The van der Waals surface area contributed by atoms with Crippen LogP contribution in [0.3, 0.4) is 0 Å². The maximum Gasteiger partial charge on any atom is 0.308 e. The van der Waals surface area contributed by atoms with Gasteiger partial charge in [-0.2, -0.15) is 0 Å². The molecule has 0 saturated carbocycles. The van der Waals surface area contributed by atoms with Crippen LogP contribution in [0.15, 0.2) is 60.0 Å². The molecule has 2 heterocycles. The number of hydrogen-bond acceptors (Lipinski definition) is 5. The minimum Gasteiger partial charge on any atom is -0.427 e. The second-order valence-corrected chi connectivity index (χ2v) is 8.29. The van der Waals surface area contributed by atoms with E-state index in [1.54, 1.807) is 59.9 Å². The molecule has 31 heavy (non-hydrogen) atoms. The van der Waals surface area contributed by atoms with Gasteiger partial charge in [0.15, 0.2) is 0 Å². The van der Waals surface area contributed by atoms with Gasteiger partial charge in [-0.25, -0.2) is 0 Å². The van der Waals surface area contributed by atoms with Crippen LogP contribution in [0.4, 0.5) is 11.4 Å². The number of amides is 2. The lowest BCUT2D eigenvalue weighted by molar-refractivity contribution is -0.131. The minimum atomic E-state index is -0.415. The highest BCUT2D eigenvalue weighted by atomic mass is 32.1. The highest BCUT2D eigenvalue weighted by Gasteiger charge is 2.23. The molecule has 2 amide bonds. The van der Waals surface area contributed by atoms with Crippen molar-refractivity contribution in [3.8, 4) is 5.75 Å². The molecule has 0 radical (unpaired) electrons. The van der Waals surface area contributed by atoms with Crippen LogP contribution >= 0.6 is 11.3 Å². The van der Waals surface area contributed by atoms with Gasteiger partial charge in [-0.15, -0.1) is 11.3 Å². The van der Waals surface area contributed by atoms with E-state index >= 15 is 0 Å². The van der Waals surface area contributed by atoms with Crippen molar-refractivity contribution >= 4 is 40.5 Å². The Morgan fingerprint density at radius 2 is 1.65 bits per heavy atom. The second kappa shape index (κ2) is 9.14. The van der Waals surface area contributed by atoms with Crippen molar-refractivity contribution in [3.05, 3.63) is 76.0 Å². The molecule has 7 heteroatoms. The average Bonchev–Trinajstić information content (AvgIpc) is 3.13. The fourth-order valence-electron chi connectivity index (χ4n) is 3.54. The topological polar surface area (TPSA) is 75.7 Å². The van der Waals surface area contributed by atoms with Crippen molar-refractivity contribution in [2.24, 2.45) is 0 Å². The number of carbonyl (C=O) groups excluding carboxylic acids is 3. The number of aryl methyl sites for hydroxylation is 1. The number of carbonyl (C=O) groups is 3. The van der Waals surface area contributed by atoms with E-state index in [-0.39, 0.29) is 11.8 Å².